The molecule has 2 aliphatic heterocycles. The molecule has 0 aromatic carbocycles. The topological polar surface area (TPSA) is 277 Å². The zero-order valence-corrected chi connectivity index (χ0v) is 17.7. The SMILES string of the molecule is O=C[C@H](O)[C@@H](OC1O[C@H](CO[C@H]2O[C@H](CO)[C@@H](O)[C@H](O)[C@H]2O)[C@@H](O)[C@H](O)[C@H]1O)[C@H](O)[C@H](O)CO. The van der Waals surface area contributed by atoms with Crippen molar-refractivity contribution < 1.29 is 79.9 Å². The molecule has 34 heavy (non-hydrogen) atoms. The molecule has 0 amide bonds. The van der Waals surface area contributed by atoms with Crippen molar-refractivity contribution in [1.82, 2.24) is 0 Å². The molecule has 2 fully saturated rings. The molecular weight excluding hydrogens is 472 g/mol. The third kappa shape index (κ3) is 6.44. The monoisotopic (exact) mass is 504 g/mol. The first-order valence-electron chi connectivity index (χ1n) is 10.4. The third-order valence-corrected chi connectivity index (χ3v) is 5.63. The van der Waals surface area contributed by atoms with E-state index in [2.05, 4.69) is 0 Å². The Hall–Kier alpha value is -0.930. The number of carbonyl (C=O) groups excluding carboxylic acids is 1. The van der Waals surface area contributed by atoms with Crippen LogP contribution in [-0.2, 0) is 23.7 Å². The van der Waals surface area contributed by atoms with Crippen LogP contribution in [0.1, 0.15) is 0 Å². The lowest BCUT2D eigenvalue weighted by atomic mass is 9.98. The maximum atomic E-state index is 11.0. The Morgan fingerprint density at radius 1 is 0.765 bits per heavy atom. The summed E-state index contributed by atoms with van der Waals surface area (Å²) in [6.07, 6.45) is -25.1. The van der Waals surface area contributed by atoms with E-state index < -0.39 is 106 Å². The molecule has 0 spiro atoms. The summed E-state index contributed by atoms with van der Waals surface area (Å²) in [5, 5.41) is 108. The minimum Gasteiger partial charge on any atom is -0.394 e. The molecule has 0 saturated carbocycles. The van der Waals surface area contributed by atoms with Gasteiger partial charge in [0.1, 0.15) is 73.2 Å². The van der Waals surface area contributed by atoms with E-state index in [4.69, 9.17) is 24.1 Å². The summed E-state index contributed by atoms with van der Waals surface area (Å²) in [6.45, 7) is -2.37. The number of rotatable bonds is 11. The normalized spacial score (nSPS) is 42.6. The van der Waals surface area contributed by atoms with Crippen LogP contribution in [-0.4, -0.2) is 168 Å². The van der Waals surface area contributed by atoms with E-state index in [1.54, 1.807) is 0 Å². The summed E-state index contributed by atoms with van der Waals surface area (Å²) >= 11 is 0. The van der Waals surface area contributed by atoms with Crippen molar-refractivity contribution in [3.63, 3.8) is 0 Å². The van der Waals surface area contributed by atoms with Crippen LogP contribution >= 0.6 is 0 Å². The summed E-state index contributed by atoms with van der Waals surface area (Å²) in [5.74, 6) is 0. The maximum absolute atomic E-state index is 11.0. The fourth-order valence-corrected chi connectivity index (χ4v) is 3.48. The number of hydrogen-bond donors (Lipinski definition) is 11. The van der Waals surface area contributed by atoms with E-state index >= 15 is 0 Å². The van der Waals surface area contributed by atoms with Crippen molar-refractivity contribution in [2.75, 3.05) is 19.8 Å². The Morgan fingerprint density at radius 3 is 1.82 bits per heavy atom. The van der Waals surface area contributed by atoms with Crippen molar-refractivity contribution in [2.45, 2.75) is 85.8 Å². The van der Waals surface area contributed by atoms with Gasteiger partial charge in [0, 0.05) is 0 Å². The molecule has 2 saturated heterocycles. The standard InChI is InChI=1S/C18H32O16/c19-1-5(22)9(24)16(6(23)2-20)34-18-15(30)13(28)11(26)8(33-18)4-31-17-14(29)12(27)10(25)7(3-21)32-17/h2,5-19,21-30H,1,3-4H2/t5-,6+,7-,8-,9-,10-,11-,12+,13+,14-,15-,16-,17+,18?/m1/s1. The Balaban J connectivity index is 2.10. The third-order valence-electron chi connectivity index (χ3n) is 5.63. The van der Waals surface area contributed by atoms with Gasteiger partial charge in [0.25, 0.3) is 0 Å². The highest BCUT2D eigenvalue weighted by Crippen LogP contribution is 2.27. The van der Waals surface area contributed by atoms with Crippen LogP contribution in [0.4, 0.5) is 0 Å². The van der Waals surface area contributed by atoms with Crippen LogP contribution in [0.3, 0.4) is 0 Å². The van der Waals surface area contributed by atoms with E-state index in [9.17, 15) is 55.9 Å². The average Bonchev–Trinajstić information content (AvgIpc) is 2.84. The number of carbonyl (C=O) groups is 1. The number of aldehydes is 1. The van der Waals surface area contributed by atoms with E-state index in [0.29, 0.717) is 0 Å². The van der Waals surface area contributed by atoms with Gasteiger partial charge in [-0.1, -0.05) is 0 Å². The first-order chi connectivity index (χ1) is 16.0. The molecule has 11 N–H and O–H groups in total. The van der Waals surface area contributed by atoms with Gasteiger partial charge in [-0.2, -0.15) is 0 Å². The number of aliphatic hydroxyl groups is 11. The van der Waals surface area contributed by atoms with E-state index in [1.807, 2.05) is 0 Å². The van der Waals surface area contributed by atoms with Gasteiger partial charge >= 0.3 is 0 Å². The lowest BCUT2D eigenvalue weighted by Gasteiger charge is -2.43. The largest absolute Gasteiger partial charge is 0.394 e. The van der Waals surface area contributed by atoms with Crippen LogP contribution in [0.15, 0.2) is 0 Å². The van der Waals surface area contributed by atoms with E-state index in [1.165, 1.54) is 0 Å². The Kier molecular flexibility index (Phi) is 11.1. The lowest BCUT2D eigenvalue weighted by Crippen LogP contribution is -2.63. The van der Waals surface area contributed by atoms with Gasteiger partial charge in [0.15, 0.2) is 18.9 Å². The van der Waals surface area contributed by atoms with Crippen molar-refractivity contribution >= 4 is 6.29 Å². The van der Waals surface area contributed by atoms with Crippen molar-refractivity contribution in [1.29, 1.82) is 0 Å². The fourth-order valence-electron chi connectivity index (χ4n) is 3.48. The molecule has 16 nitrogen and oxygen atoms in total. The van der Waals surface area contributed by atoms with Gasteiger partial charge in [0.05, 0.1) is 19.8 Å². The maximum Gasteiger partial charge on any atom is 0.187 e. The minimum atomic E-state index is -2.06. The predicted octanol–water partition coefficient (Wildman–Crippen LogP) is -7.73. The van der Waals surface area contributed by atoms with Gasteiger partial charge < -0.3 is 79.9 Å². The molecular formula is C18H32O16. The second kappa shape index (κ2) is 12.9. The second-order valence-electron chi connectivity index (χ2n) is 8.01. The molecule has 0 radical (unpaired) electrons. The van der Waals surface area contributed by atoms with Crippen LogP contribution in [0.5, 0.6) is 0 Å². The first-order valence-corrected chi connectivity index (χ1v) is 10.4. The molecule has 14 atom stereocenters. The van der Waals surface area contributed by atoms with Gasteiger partial charge in [-0.3, -0.25) is 0 Å². The summed E-state index contributed by atoms with van der Waals surface area (Å²) in [5.41, 5.74) is 0. The van der Waals surface area contributed by atoms with Crippen molar-refractivity contribution in [2.24, 2.45) is 0 Å². The number of hydrogen-bond acceptors (Lipinski definition) is 16. The number of ether oxygens (including phenoxy) is 4. The highest BCUT2D eigenvalue weighted by Gasteiger charge is 2.49. The molecule has 16 heteroatoms. The summed E-state index contributed by atoms with van der Waals surface area (Å²) in [7, 11) is 0. The fraction of sp³-hybridized carbons (Fsp3) is 0.944. The molecule has 2 aliphatic rings. The van der Waals surface area contributed by atoms with Crippen LogP contribution in [0.2, 0.25) is 0 Å². The van der Waals surface area contributed by atoms with Crippen LogP contribution in [0, 0.1) is 0 Å². The lowest BCUT2D eigenvalue weighted by molar-refractivity contribution is -0.342. The highest BCUT2D eigenvalue weighted by molar-refractivity contribution is 5.56. The van der Waals surface area contributed by atoms with Crippen LogP contribution in [0.25, 0.3) is 0 Å². The Labute approximate surface area is 192 Å². The van der Waals surface area contributed by atoms with Crippen molar-refractivity contribution in [3.05, 3.63) is 0 Å². The van der Waals surface area contributed by atoms with Crippen LogP contribution < -0.4 is 0 Å². The van der Waals surface area contributed by atoms with E-state index in [0.717, 1.165) is 0 Å². The zero-order chi connectivity index (χ0) is 25.7. The average molecular weight is 504 g/mol. The van der Waals surface area contributed by atoms with Gasteiger partial charge in [-0.05, 0) is 0 Å². The molecule has 2 heterocycles. The molecule has 0 aliphatic carbocycles. The first kappa shape index (κ1) is 29.3. The highest BCUT2D eigenvalue weighted by atomic mass is 16.7. The van der Waals surface area contributed by atoms with Crippen molar-refractivity contribution in [3.8, 4) is 0 Å². The zero-order valence-electron chi connectivity index (χ0n) is 17.7. The summed E-state index contributed by atoms with van der Waals surface area (Å²) < 4.78 is 20.9. The second-order valence-corrected chi connectivity index (χ2v) is 8.01. The number of aliphatic hydroxyl groups excluding tert-OH is 11. The molecule has 0 bridgehead atoms. The van der Waals surface area contributed by atoms with Gasteiger partial charge in [0.2, 0.25) is 0 Å². The summed E-state index contributed by atoms with van der Waals surface area (Å²) in [6, 6.07) is 0. The molecule has 0 aromatic rings. The van der Waals surface area contributed by atoms with Gasteiger partial charge in [-0.15, -0.1) is 0 Å². The Morgan fingerprint density at radius 2 is 1.29 bits per heavy atom. The van der Waals surface area contributed by atoms with E-state index in [-0.39, 0.29) is 6.29 Å². The summed E-state index contributed by atoms with van der Waals surface area (Å²) in [4.78, 5) is 11.0. The molecule has 200 valence electrons. The molecule has 1 unspecified atom stereocenters. The molecule has 2 rings (SSSR count). The quantitative estimate of drug-likeness (QED) is 0.117. The minimum absolute atomic E-state index is 0.0574. The molecule has 0 aromatic heterocycles. The predicted molar refractivity (Wildman–Crippen MR) is 102 cm³/mol. The Bertz CT molecular complexity index is 623. The van der Waals surface area contributed by atoms with Gasteiger partial charge in [-0.25, -0.2) is 0 Å². The smallest absolute Gasteiger partial charge is 0.187 e.